The zero-order valence-electron chi connectivity index (χ0n) is 10.2. The van der Waals surface area contributed by atoms with Crippen LogP contribution in [0.4, 0.5) is 0 Å². The van der Waals surface area contributed by atoms with Gasteiger partial charge in [0.25, 0.3) is 0 Å². The van der Waals surface area contributed by atoms with Gasteiger partial charge in [-0.2, -0.15) is 4.37 Å². The predicted molar refractivity (Wildman–Crippen MR) is 77.6 cm³/mol. The lowest BCUT2D eigenvalue weighted by Crippen LogP contribution is -2.04. The summed E-state index contributed by atoms with van der Waals surface area (Å²) < 4.78 is 5.20. The van der Waals surface area contributed by atoms with Gasteiger partial charge in [0.2, 0.25) is 0 Å². The van der Waals surface area contributed by atoms with Gasteiger partial charge in [0.05, 0.1) is 5.02 Å². The zero-order valence-corrected chi connectivity index (χ0v) is 12.6. The molecule has 0 fully saturated rings. The highest BCUT2D eigenvalue weighted by atomic mass is 35.5. The summed E-state index contributed by atoms with van der Waals surface area (Å²) in [7, 11) is 1.92. The van der Waals surface area contributed by atoms with Gasteiger partial charge in [0.1, 0.15) is 5.82 Å². The standard InChI is InChI=1S/C12H14ClN3S2/c1-3-11-15-12(18-16-11)17-10-5-4-8(7-14-2)6-9(10)13/h4-6,14H,3,7H2,1-2H3. The average molecular weight is 300 g/mol. The van der Waals surface area contributed by atoms with E-state index in [0.717, 1.165) is 33.0 Å². The Morgan fingerprint density at radius 2 is 2.28 bits per heavy atom. The normalized spacial score (nSPS) is 10.8. The number of nitrogens with one attached hydrogen (secondary N) is 1. The van der Waals surface area contributed by atoms with Gasteiger partial charge in [-0.1, -0.05) is 36.4 Å². The largest absolute Gasteiger partial charge is 0.316 e. The van der Waals surface area contributed by atoms with E-state index in [9.17, 15) is 0 Å². The Labute approximate surface area is 120 Å². The fraction of sp³-hybridized carbons (Fsp3) is 0.333. The van der Waals surface area contributed by atoms with Crippen molar-refractivity contribution in [2.24, 2.45) is 0 Å². The van der Waals surface area contributed by atoms with Crippen molar-refractivity contribution >= 4 is 34.9 Å². The van der Waals surface area contributed by atoms with E-state index in [2.05, 4.69) is 27.7 Å². The molecule has 0 aliphatic heterocycles. The van der Waals surface area contributed by atoms with Crippen LogP contribution >= 0.6 is 34.9 Å². The van der Waals surface area contributed by atoms with E-state index in [4.69, 9.17) is 11.6 Å². The van der Waals surface area contributed by atoms with Crippen molar-refractivity contribution in [3.05, 3.63) is 34.6 Å². The van der Waals surface area contributed by atoms with Crippen LogP contribution in [0.3, 0.4) is 0 Å². The summed E-state index contributed by atoms with van der Waals surface area (Å²) in [6.45, 7) is 2.87. The van der Waals surface area contributed by atoms with Gasteiger partial charge in [-0.15, -0.1) is 0 Å². The van der Waals surface area contributed by atoms with Gasteiger partial charge >= 0.3 is 0 Å². The van der Waals surface area contributed by atoms with Crippen molar-refractivity contribution in [3.63, 3.8) is 0 Å². The van der Waals surface area contributed by atoms with Crippen LogP contribution in [0, 0.1) is 0 Å². The minimum Gasteiger partial charge on any atom is -0.316 e. The molecule has 0 amide bonds. The summed E-state index contributed by atoms with van der Waals surface area (Å²) in [6, 6.07) is 6.10. The molecule has 1 aromatic heterocycles. The second kappa shape index (κ2) is 6.52. The molecule has 3 nitrogen and oxygen atoms in total. The van der Waals surface area contributed by atoms with Crippen molar-refractivity contribution < 1.29 is 0 Å². The van der Waals surface area contributed by atoms with Crippen molar-refractivity contribution in [3.8, 4) is 0 Å². The highest BCUT2D eigenvalue weighted by Gasteiger charge is 2.08. The molecule has 0 atom stereocenters. The molecule has 0 bridgehead atoms. The van der Waals surface area contributed by atoms with Crippen LogP contribution < -0.4 is 5.32 Å². The van der Waals surface area contributed by atoms with Gasteiger partial charge in [-0.25, -0.2) is 4.98 Å². The number of hydrogen-bond acceptors (Lipinski definition) is 5. The first kappa shape index (κ1) is 13.8. The molecular weight excluding hydrogens is 286 g/mol. The number of aromatic nitrogens is 2. The highest BCUT2D eigenvalue weighted by molar-refractivity contribution is 8.01. The third-order valence-corrected chi connectivity index (χ3v) is 4.63. The Bertz CT molecular complexity index is 528. The molecule has 0 unspecified atom stereocenters. The summed E-state index contributed by atoms with van der Waals surface area (Å²) in [6.07, 6.45) is 0.867. The molecule has 2 aromatic rings. The van der Waals surface area contributed by atoms with Crippen LogP contribution in [0.2, 0.25) is 5.02 Å². The summed E-state index contributed by atoms with van der Waals surface area (Å²) in [5, 5.41) is 3.87. The summed E-state index contributed by atoms with van der Waals surface area (Å²) in [5.74, 6) is 0.894. The molecule has 0 aliphatic carbocycles. The average Bonchev–Trinajstić information content (AvgIpc) is 2.81. The summed E-state index contributed by atoms with van der Waals surface area (Å²) in [4.78, 5) is 5.45. The van der Waals surface area contributed by atoms with E-state index in [1.54, 1.807) is 11.8 Å². The third-order valence-electron chi connectivity index (χ3n) is 2.34. The Morgan fingerprint density at radius 3 is 2.89 bits per heavy atom. The molecule has 0 saturated heterocycles. The lowest BCUT2D eigenvalue weighted by atomic mass is 10.2. The van der Waals surface area contributed by atoms with Crippen molar-refractivity contribution in [2.45, 2.75) is 29.1 Å². The lowest BCUT2D eigenvalue weighted by Gasteiger charge is -2.04. The molecule has 1 aromatic carbocycles. The van der Waals surface area contributed by atoms with Gasteiger partial charge < -0.3 is 5.32 Å². The van der Waals surface area contributed by atoms with E-state index in [-0.39, 0.29) is 0 Å². The van der Waals surface area contributed by atoms with Gasteiger partial charge in [0.15, 0.2) is 4.34 Å². The Hall–Kier alpha value is -0.620. The van der Waals surface area contributed by atoms with Crippen LogP contribution in [0.5, 0.6) is 0 Å². The zero-order chi connectivity index (χ0) is 13.0. The molecule has 6 heteroatoms. The second-order valence-electron chi connectivity index (χ2n) is 3.73. The monoisotopic (exact) mass is 299 g/mol. The van der Waals surface area contributed by atoms with Gasteiger partial charge in [-0.05, 0) is 36.3 Å². The first-order valence-electron chi connectivity index (χ1n) is 5.66. The molecule has 0 aliphatic rings. The maximum absolute atomic E-state index is 6.26. The molecule has 96 valence electrons. The van der Waals surface area contributed by atoms with Crippen LogP contribution in [-0.4, -0.2) is 16.4 Å². The number of hydrogen-bond donors (Lipinski definition) is 1. The smallest absolute Gasteiger partial charge is 0.174 e. The fourth-order valence-corrected chi connectivity index (χ4v) is 3.44. The molecule has 0 saturated carbocycles. The molecule has 1 heterocycles. The first-order valence-corrected chi connectivity index (χ1v) is 7.63. The predicted octanol–water partition coefficient (Wildman–Crippen LogP) is 3.62. The molecule has 18 heavy (non-hydrogen) atoms. The molecule has 0 spiro atoms. The highest BCUT2D eigenvalue weighted by Crippen LogP contribution is 2.34. The number of halogens is 1. The summed E-state index contributed by atoms with van der Waals surface area (Å²) >= 11 is 9.26. The second-order valence-corrected chi connectivity index (χ2v) is 6.18. The summed E-state index contributed by atoms with van der Waals surface area (Å²) in [5.41, 5.74) is 1.18. The van der Waals surface area contributed by atoms with Crippen LogP contribution in [-0.2, 0) is 13.0 Å². The van der Waals surface area contributed by atoms with Crippen molar-refractivity contribution in [1.29, 1.82) is 0 Å². The third kappa shape index (κ3) is 3.45. The van der Waals surface area contributed by atoms with E-state index >= 15 is 0 Å². The topological polar surface area (TPSA) is 37.8 Å². The Morgan fingerprint density at radius 1 is 1.44 bits per heavy atom. The van der Waals surface area contributed by atoms with Gasteiger partial charge in [-0.3, -0.25) is 0 Å². The van der Waals surface area contributed by atoms with Crippen LogP contribution in [0.1, 0.15) is 18.3 Å². The maximum Gasteiger partial charge on any atom is 0.174 e. The number of rotatable bonds is 5. The number of aryl methyl sites for hydroxylation is 1. The van der Waals surface area contributed by atoms with E-state index < -0.39 is 0 Å². The van der Waals surface area contributed by atoms with E-state index in [1.807, 2.05) is 19.2 Å². The number of benzene rings is 1. The van der Waals surface area contributed by atoms with Crippen LogP contribution in [0.25, 0.3) is 0 Å². The maximum atomic E-state index is 6.26. The minimum atomic E-state index is 0.765. The quantitative estimate of drug-likeness (QED) is 0.915. The van der Waals surface area contributed by atoms with E-state index in [1.165, 1.54) is 17.1 Å². The lowest BCUT2D eigenvalue weighted by molar-refractivity contribution is 0.817. The minimum absolute atomic E-state index is 0.765. The fourth-order valence-electron chi connectivity index (χ4n) is 1.46. The van der Waals surface area contributed by atoms with Crippen LogP contribution in [0.15, 0.2) is 27.4 Å². The van der Waals surface area contributed by atoms with Gasteiger partial charge in [0, 0.05) is 17.9 Å². The molecule has 2 rings (SSSR count). The van der Waals surface area contributed by atoms with E-state index in [0.29, 0.717) is 0 Å². The van der Waals surface area contributed by atoms with Crippen molar-refractivity contribution in [1.82, 2.24) is 14.7 Å². The molecule has 0 radical (unpaired) electrons. The Kier molecular flexibility index (Phi) is 5.00. The molecule has 1 N–H and O–H groups in total. The molecular formula is C12H14ClN3S2. The first-order chi connectivity index (χ1) is 8.72. The Balaban J connectivity index is 2.13. The number of nitrogens with zero attached hydrogens (tertiary/aromatic N) is 2. The van der Waals surface area contributed by atoms with Crippen molar-refractivity contribution in [2.75, 3.05) is 7.05 Å². The SMILES string of the molecule is CCc1nsc(Sc2ccc(CNC)cc2Cl)n1.